The summed E-state index contributed by atoms with van der Waals surface area (Å²) in [6, 6.07) is 15.3. The molecule has 3 aromatic rings. The monoisotopic (exact) mass is 572 g/mol. The van der Waals surface area contributed by atoms with Crippen LogP contribution in [0.5, 0.6) is 17.2 Å². The average Bonchev–Trinajstić information content (AvgIpc) is 3.40. The van der Waals surface area contributed by atoms with Crippen molar-refractivity contribution >= 4 is 9.76 Å². The summed E-state index contributed by atoms with van der Waals surface area (Å²) in [5, 5.41) is 0. The van der Waals surface area contributed by atoms with Gasteiger partial charge in [0.15, 0.2) is 17.3 Å². The highest BCUT2D eigenvalue weighted by Gasteiger charge is 2.24. The summed E-state index contributed by atoms with van der Waals surface area (Å²) in [7, 11) is 0.450. The van der Waals surface area contributed by atoms with Gasteiger partial charge in [-0.2, -0.15) is 0 Å². The van der Waals surface area contributed by atoms with Gasteiger partial charge in [-0.3, -0.25) is 0 Å². The Hall–Kier alpha value is -2.86. The fraction of sp³-hybridized carbons (Fsp3) is 0.543. The highest BCUT2D eigenvalue weighted by molar-refractivity contribution is 6.28. The molecule has 0 fully saturated rings. The van der Waals surface area contributed by atoms with E-state index in [1.807, 2.05) is 48.8 Å². The molecular weight excluding hydrogens is 524 g/mol. The summed E-state index contributed by atoms with van der Waals surface area (Å²) in [6.45, 7) is 9.29. The van der Waals surface area contributed by atoms with Crippen LogP contribution in [-0.4, -0.2) is 26.0 Å². The molecule has 3 unspecified atom stereocenters. The molecule has 2 radical (unpaired) electrons. The summed E-state index contributed by atoms with van der Waals surface area (Å²) in [4.78, 5) is 9.39. The number of benzene rings is 2. The van der Waals surface area contributed by atoms with E-state index < -0.39 is 0 Å². The van der Waals surface area contributed by atoms with Crippen LogP contribution >= 0.6 is 0 Å². The van der Waals surface area contributed by atoms with Gasteiger partial charge < -0.3 is 13.9 Å². The van der Waals surface area contributed by atoms with Crippen molar-refractivity contribution < 1.29 is 13.9 Å². The van der Waals surface area contributed by atoms with Gasteiger partial charge in [0.1, 0.15) is 5.75 Å². The van der Waals surface area contributed by atoms with Crippen LogP contribution in [0.4, 0.5) is 0 Å². The molecule has 4 rings (SSSR count). The lowest BCUT2D eigenvalue weighted by Gasteiger charge is -2.17. The van der Waals surface area contributed by atoms with E-state index in [9.17, 15) is 0 Å². The molecule has 1 aliphatic rings. The number of rotatable bonds is 18. The van der Waals surface area contributed by atoms with Crippen molar-refractivity contribution in [2.24, 2.45) is 11.8 Å². The molecule has 0 spiro atoms. The Morgan fingerprint density at radius 2 is 1.54 bits per heavy atom. The number of para-hydroxylation sites is 1. The fourth-order valence-corrected chi connectivity index (χ4v) is 6.54. The number of nitrogens with zero attached hydrogens (tertiary/aromatic N) is 2. The second-order valence-electron chi connectivity index (χ2n) is 11.7. The molecule has 5 nitrogen and oxygen atoms in total. The number of fused-ring (bicyclic) bond motifs is 1. The van der Waals surface area contributed by atoms with Gasteiger partial charge in [0, 0.05) is 35.5 Å². The number of hydrogen-bond donors (Lipinski definition) is 0. The van der Waals surface area contributed by atoms with Gasteiger partial charge in [-0.25, -0.2) is 9.97 Å². The van der Waals surface area contributed by atoms with Crippen molar-refractivity contribution in [3.63, 3.8) is 0 Å². The second kappa shape index (κ2) is 16.5. The third kappa shape index (κ3) is 9.59. The molecule has 0 N–H and O–H groups in total. The van der Waals surface area contributed by atoms with Crippen LogP contribution in [0.1, 0.15) is 98.3 Å². The van der Waals surface area contributed by atoms with Crippen LogP contribution in [0.25, 0.3) is 22.5 Å². The van der Waals surface area contributed by atoms with Gasteiger partial charge in [-0.1, -0.05) is 97.3 Å². The molecule has 0 aliphatic carbocycles. The van der Waals surface area contributed by atoms with Crippen LogP contribution in [-0.2, 0) is 0 Å². The van der Waals surface area contributed by atoms with Crippen molar-refractivity contribution in [3.8, 4) is 39.8 Å². The highest BCUT2D eigenvalue weighted by atomic mass is 28.2. The Bertz CT molecular complexity index is 1190. The van der Waals surface area contributed by atoms with Gasteiger partial charge in [-0.05, 0) is 55.0 Å². The zero-order valence-electron chi connectivity index (χ0n) is 25.5. The molecule has 1 aliphatic heterocycles. The normalized spacial score (nSPS) is 15.6. The summed E-state index contributed by atoms with van der Waals surface area (Å²) in [5.41, 5.74) is 2.91. The quantitative estimate of drug-likeness (QED) is 0.112. The molecule has 0 bridgehead atoms. The minimum atomic E-state index is -0.194. The summed E-state index contributed by atoms with van der Waals surface area (Å²) >= 11 is 0. The van der Waals surface area contributed by atoms with Crippen LogP contribution in [0.2, 0.25) is 6.04 Å². The van der Waals surface area contributed by atoms with E-state index in [2.05, 4.69) is 33.8 Å². The van der Waals surface area contributed by atoms with Gasteiger partial charge in [0.25, 0.3) is 0 Å². The Morgan fingerprint density at radius 1 is 0.805 bits per heavy atom. The minimum Gasteiger partial charge on any atom is -0.540 e. The average molecular weight is 573 g/mol. The van der Waals surface area contributed by atoms with Crippen LogP contribution in [0, 0.1) is 11.8 Å². The largest absolute Gasteiger partial charge is 0.540 e. The van der Waals surface area contributed by atoms with E-state index >= 15 is 0 Å². The van der Waals surface area contributed by atoms with Crippen molar-refractivity contribution in [2.75, 3.05) is 0 Å². The fourth-order valence-electron chi connectivity index (χ4n) is 5.50. The van der Waals surface area contributed by atoms with Crippen LogP contribution in [0.3, 0.4) is 0 Å². The number of ether oxygens (including phenoxy) is 2. The van der Waals surface area contributed by atoms with Crippen molar-refractivity contribution in [3.05, 3.63) is 54.9 Å². The molecule has 6 heteroatoms. The predicted octanol–water partition coefficient (Wildman–Crippen LogP) is 9.93. The first-order valence-electron chi connectivity index (χ1n) is 15.9. The van der Waals surface area contributed by atoms with Gasteiger partial charge in [0.2, 0.25) is 6.29 Å². The third-order valence-electron chi connectivity index (χ3n) is 7.89. The smallest absolute Gasteiger partial charge is 0.310 e. The first-order chi connectivity index (χ1) is 20.1. The molecule has 2 aromatic carbocycles. The zero-order valence-corrected chi connectivity index (χ0v) is 26.5. The molecule has 3 atom stereocenters. The van der Waals surface area contributed by atoms with Crippen LogP contribution in [0.15, 0.2) is 54.9 Å². The van der Waals surface area contributed by atoms with Gasteiger partial charge in [0.05, 0.1) is 0 Å². The summed E-state index contributed by atoms with van der Waals surface area (Å²) < 4.78 is 18.4. The molecular formula is C35H48N2O3Si. The highest BCUT2D eigenvalue weighted by Crippen LogP contribution is 2.39. The summed E-state index contributed by atoms with van der Waals surface area (Å²) in [5.74, 6) is 4.71. The second-order valence-corrected chi connectivity index (χ2v) is 12.7. The molecule has 0 saturated heterocycles. The Morgan fingerprint density at radius 3 is 2.34 bits per heavy atom. The predicted molar refractivity (Wildman–Crippen MR) is 170 cm³/mol. The van der Waals surface area contributed by atoms with Crippen molar-refractivity contribution in [1.29, 1.82) is 0 Å². The molecule has 41 heavy (non-hydrogen) atoms. The molecule has 2 heterocycles. The van der Waals surface area contributed by atoms with E-state index in [-0.39, 0.29) is 6.29 Å². The maximum absolute atomic E-state index is 6.28. The Balaban J connectivity index is 1.29. The van der Waals surface area contributed by atoms with Crippen molar-refractivity contribution in [2.45, 2.75) is 111 Å². The number of hydrogen-bond acceptors (Lipinski definition) is 5. The molecule has 1 aromatic heterocycles. The maximum atomic E-state index is 6.28. The third-order valence-corrected chi connectivity index (χ3v) is 8.75. The Kier molecular flexibility index (Phi) is 12.5. The zero-order chi connectivity index (χ0) is 28.9. The van der Waals surface area contributed by atoms with Crippen LogP contribution < -0.4 is 13.9 Å². The standard InChI is InChI=1S/C35H48N2O3Si/c1-5-7-9-10-11-17-34-38-32-19-18-28(23-33(32)39-34)35-36-24-29(25-37-35)30-15-12-13-16-31(30)40-41-21-20-27(4)22-26(3)14-8-6-2/h12-13,15-16,18-19,23-27,34H,5-11,14,17,20-22H2,1-4H3. The van der Waals surface area contributed by atoms with Gasteiger partial charge >= 0.3 is 9.76 Å². The molecule has 220 valence electrons. The topological polar surface area (TPSA) is 53.5 Å². The lowest BCUT2D eigenvalue weighted by atomic mass is 9.92. The Labute approximate surface area is 250 Å². The summed E-state index contributed by atoms with van der Waals surface area (Å²) in [6.07, 6.45) is 17.2. The maximum Gasteiger partial charge on any atom is 0.310 e. The number of unbranched alkanes of at least 4 members (excludes halogenated alkanes) is 5. The SMILES string of the molecule is CCCCCCCC1Oc2ccc(-c3ncc(-c4ccccc4O[Si]CCC(C)CC(C)CCCC)cn3)cc2O1. The lowest BCUT2D eigenvalue weighted by Crippen LogP contribution is -2.17. The lowest BCUT2D eigenvalue weighted by molar-refractivity contribution is 0.0395. The van der Waals surface area contributed by atoms with E-state index in [1.54, 1.807) is 0 Å². The first kappa shape index (κ1) is 31.1. The van der Waals surface area contributed by atoms with E-state index in [4.69, 9.17) is 23.9 Å². The van der Waals surface area contributed by atoms with E-state index in [0.717, 1.165) is 64.7 Å². The number of aromatic nitrogens is 2. The van der Waals surface area contributed by atoms with Gasteiger partial charge in [-0.15, -0.1) is 0 Å². The van der Waals surface area contributed by atoms with Crippen molar-refractivity contribution in [1.82, 2.24) is 9.97 Å². The first-order valence-corrected chi connectivity index (χ1v) is 17.0. The molecule has 0 amide bonds. The molecule has 0 saturated carbocycles. The van der Waals surface area contributed by atoms with E-state index in [1.165, 1.54) is 57.8 Å². The van der Waals surface area contributed by atoms with E-state index in [0.29, 0.717) is 15.6 Å². The minimum absolute atomic E-state index is 0.194.